The molecule has 3 heterocycles. The number of hydrogen-bond donors (Lipinski definition) is 2. The summed E-state index contributed by atoms with van der Waals surface area (Å²) >= 11 is 0. The van der Waals surface area contributed by atoms with Crippen LogP contribution in [-0.2, 0) is 13.1 Å². The van der Waals surface area contributed by atoms with E-state index >= 15 is 0 Å². The molecule has 184 valence electrons. The number of allylic oxidation sites excluding steroid dienone is 3. The van der Waals surface area contributed by atoms with Crippen molar-refractivity contribution in [1.29, 1.82) is 0 Å². The smallest absolute Gasteiger partial charge is 0.412 e. The van der Waals surface area contributed by atoms with E-state index < -0.39 is 18.2 Å². The second-order valence-electron chi connectivity index (χ2n) is 8.87. The first-order valence-electron chi connectivity index (χ1n) is 11.3. The maximum Gasteiger partial charge on any atom is 0.412 e. The van der Waals surface area contributed by atoms with Crippen LogP contribution in [0.3, 0.4) is 0 Å². The minimum Gasteiger partial charge on any atom is -0.478 e. The molecule has 0 amide bonds. The number of aliphatic imine (C=N–C) groups is 1. The molecule has 0 aromatic heterocycles. The first kappa shape index (κ1) is 23.5. The van der Waals surface area contributed by atoms with Crippen molar-refractivity contribution in [1.82, 2.24) is 9.80 Å². The van der Waals surface area contributed by atoms with Crippen molar-refractivity contribution in [3.8, 4) is 0 Å². The van der Waals surface area contributed by atoms with Crippen molar-refractivity contribution in [2.24, 2.45) is 4.99 Å². The molecule has 0 spiro atoms. The number of rotatable bonds is 5. The van der Waals surface area contributed by atoms with Crippen molar-refractivity contribution in [3.05, 3.63) is 113 Å². The van der Waals surface area contributed by atoms with E-state index in [2.05, 4.69) is 16.9 Å². The molecule has 0 saturated carbocycles. The van der Waals surface area contributed by atoms with Crippen LogP contribution in [-0.4, -0.2) is 38.9 Å². The van der Waals surface area contributed by atoms with E-state index in [0.717, 1.165) is 11.1 Å². The number of amidine groups is 1. The third kappa shape index (κ3) is 4.28. The molecular formula is C27H23F3N4O2. The molecule has 0 aliphatic carbocycles. The van der Waals surface area contributed by atoms with Gasteiger partial charge in [-0.25, -0.2) is 9.79 Å². The lowest BCUT2D eigenvalue weighted by Crippen LogP contribution is -2.45. The van der Waals surface area contributed by atoms with Gasteiger partial charge >= 0.3 is 12.1 Å². The molecule has 3 aliphatic heterocycles. The molecule has 0 saturated heterocycles. The van der Waals surface area contributed by atoms with Gasteiger partial charge in [-0.15, -0.1) is 0 Å². The van der Waals surface area contributed by atoms with Crippen molar-refractivity contribution in [3.63, 3.8) is 0 Å². The molecule has 2 aromatic carbocycles. The van der Waals surface area contributed by atoms with Gasteiger partial charge in [-0.2, -0.15) is 13.2 Å². The third-order valence-corrected chi connectivity index (χ3v) is 6.29. The maximum atomic E-state index is 14.5. The van der Waals surface area contributed by atoms with Gasteiger partial charge in [-0.05, 0) is 41.8 Å². The minimum absolute atomic E-state index is 0.0988. The van der Waals surface area contributed by atoms with E-state index in [1.54, 1.807) is 24.1 Å². The van der Waals surface area contributed by atoms with Crippen molar-refractivity contribution in [2.75, 3.05) is 5.32 Å². The second-order valence-corrected chi connectivity index (χ2v) is 8.87. The van der Waals surface area contributed by atoms with Gasteiger partial charge in [-0.1, -0.05) is 43.0 Å². The second kappa shape index (κ2) is 8.75. The number of para-hydroxylation sites is 1. The average Bonchev–Trinajstić information content (AvgIpc) is 3.26. The summed E-state index contributed by atoms with van der Waals surface area (Å²) in [4.78, 5) is 19.8. The molecule has 1 atom stereocenters. The summed E-state index contributed by atoms with van der Waals surface area (Å²) in [6.07, 6.45) is 0.141. The van der Waals surface area contributed by atoms with Gasteiger partial charge in [0.15, 0.2) is 6.04 Å². The molecule has 5 rings (SSSR count). The summed E-state index contributed by atoms with van der Waals surface area (Å²) in [5, 5.41) is 11.9. The Balaban J connectivity index is 1.54. The third-order valence-electron chi connectivity index (χ3n) is 6.29. The van der Waals surface area contributed by atoms with Crippen LogP contribution in [0, 0.1) is 0 Å². The van der Waals surface area contributed by atoms with Gasteiger partial charge in [0.25, 0.3) is 0 Å². The zero-order valence-electron chi connectivity index (χ0n) is 19.4. The quantitative estimate of drug-likeness (QED) is 0.564. The van der Waals surface area contributed by atoms with Crippen LogP contribution >= 0.6 is 0 Å². The van der Waals surface area contributed by atoms with Gasteiger partial charge in [0, 0.05) is 42.3 Å². The number of fused-ring (bicyclic) bond motifs is 2. The predicted molar refractivity (Wildman–Crippen MR) is 131 cm³/mol. The Morgan fingerprint density at radius 3 is 2.36 bits per heavy atom. The molecule has 6 nitrogen and oxygen atoms in total. The molecule has 0 fully saturated rings. The highest BCUT2D eigenvalue weighted by atomic mass is 19.4. The SMILES string of the molecule is C=C1C=C(N2Cc3ccccc3C2)N=C2C([C@H](Nc3ccccc3C(=O)O)C(F)(F)F)=CC(C)=CN12. The Morgan fingerprint density at radius 2 is 1.72 bits per heavy atom. The molecular weight excluding hydrogens is 469 g/mol. The number of carboxylic acid groups (broad SMARTS) is 1. The maximum absolute atomic E-state index is 14.5. The Hall–Kier alpha value is -4.27. The normalized spacial score (nSPS) is 17.9. The van der Waals surface area contributed by atoms with Crippen LogP contribution < -0.4 is 5.32 Å². The molecule has 0 unspecified atom stereocenters. The summed E-state index contributed by atoms with van der Waals surface area (Å²) in [5.41, 5.74) is 2.85. The van der Waals surface area contributed by atoms with Crippen LogP contribution in [0.25, 0.3) is 0 Å². The van der Waals surface area contributed by atoms with Crippen molar-refractivity contribution < 1.29 is 23.1 Å². The zero-order valence-corrected chi connectivity index (χ0v) is 19.4. The lowest BCUT2D eigenvalue weighted by Gasteiger charge is -2.37. The molecule has 2 aromatic rings. The molecule has 2 N–H and O–H groups in total. The first-order chi connectivity index (χ1) is 17.1. The highest BCUT2D eigenvalue weighted by Gasteiger charge is 2.46. The summed E-state index contributed by atoms with van der Waals surface area (Å²) in [7, 11) is 0. The average molecular weight is 493 g/mol. The highest BCUT2D eigenvalue weighted by molar-refractivity contribution is 6.05. The summed E-state index contributed by atoms with van der Waals surface area (Å²) in [6.45, 7) is 6.95. The Bertz CT molecular complexity index is 1360. The number of nitrogens with one attached hydrogen (secondary N) is 1. The summed E-state index contributed by atoms with van der Waals surface area (Å²) in [6, 6.07) is 11.3. The fourth-order valence-corrected chi connectivity index (χ4v) is 4.60. The molecule has 0 radical (unpaired) electrons. The first-order valence-corrected chi connectivity index (χ1v) is 11.3. The largest absolute Gasteiger partial charge is 0.478 e. The topological polar surface area (TPSA) is 68.2 Å². The fraction of sp³-hybridized carbons (Fsp3) is 0.185. The Labute approximate surface area is 206 Å². The van der Waals surface area contributed by atoms with Crippen LogP contribution in [0.2, 0.25) is 0 Å². The number of carbonyl (C=O) groups is 1. The summed E-state index contributed by atoms with van der Waals surface area (Å²) in [5.74, 6) is -0.702. The Kier molecular flexibility index (Phi) is 5.70. The van der Waals surface area contributed by atoms with Gasteiger partial charge < -0.3 is 20.2 Å². The fourth-order valence-electron chi connectivity index (χ4n) is 4.60. The molecule has 0 bridgehead atoms. The van der Waals surface area contributed by atoms with Gasteiger partial charge in [0.05, 0.1) is 5.56 Å². The number of anilines is 1. The number of hydrogen-bond acceptors (Lipinski definition) is 5. The van der Waals surface area contributed by atoms with Crippen LogP contribution in [0.5, 0.6) is 0 Å². The number of carboxylic acids is 1. The highest BCUT2D eigenvalue weighted by Crippen LogP contribution is 2.37. The van der Waals surface area contributed by atoms with Gasteiger partial charge in [0.1, 0.15) is 11.7 Å². The monoisotopic (exact) mass is 492 g/mol. The number of halogens is 3. The van der Waals surface area contributed by atoms with E-state index in [1.807, 2.05) is 29.2 Å². The number of nitrogens with zero attached hydrogens (tertiary/aromatic N) is 3. The van der Waals surface area contributed by atoms with Gasteiger partial charge in [0.2, 0.25) is 0 Å². The number of aromatic carboxylic acids is 1. The van der Waals surface area contributed by atoms with Crippen LogP contribution in [0.4, 0.5) is 18.9 Å². The van der Waals surface area contributed by atoms with E-state index in [-0.39, 0.29) is 22.7 Å². The Morgan fingerprint density at radius 1 is 1.08 bits per heavy atom. The van der Waals surface area contributed by atoms with Crippen molar-refractivity contribution in [2.45, 2.75) is 32.2 Å². The van der Waals surface area contributed by atoms with E-state index in [4.69, 9.17) is 0 Å². The molecule has 3 aliphatic rings. The lowest BCUT2D eigenvalue weighted by atomic mass is 9.97. The molecule has 9 heteroatoms. The lowest BCUT2D eigenvalue weighted by molar-refractivity contribution is -0.133. The minimum atomic E-state index is -4.74. The standard InChI is InChI=1S/C27H23F3N4O2/c1-16-11-21(24(27(28,29)30)31-22-10-6-5-9-20(22)26(35)36)25-32-23(12-17(2)34(25)13-16)33-14-18-7-3-4-8-19(18)15-33/h3-13,24,31H,2,14-15H2,1H3,(H,35,36)/t24-/m0/s1. The van der Waals surface area contributed by atoms with Crippen molar-refractivity contribution >= 4 is 17.5 Å². The van der Waals surface area contributed by atoms with Crippen LogP contribution in [0.15, 0.2) is 101 Å². The summed E-state index contributed by atoms with van der Waals surface area (Å²) < 4.78 is 43.5. The predicted octanol–water partition coefficient (Wildman–Crippen LogP) is 5.66. The zero-order chi connectivity index (χ0) is 25.6. The van der Waals surface area contributed by atoms with Gasteiger partial charge in [-0.3, -0.25) is 0 Å². The van der Waals surface area contributed by atoms with E-state index in [1.165, 1.54) is 30.3 Å². The number of alkyl halides is 3. The van der Waals surface area contributed by atoms with E-state index in [0.29, 0.717) is 30.2 Å². The molecule has 36 heavy (non-hydrogen) atoms. The number of benzene rings is 2. The van der Waals surface area contributed by atoms with E-state index in [9.17, 15) is 23.1 Å². The van der Waals surface area contributed by atoms with Crippen LogP contribution in [0.1, 0.15) is 28.4 Å².